The molecule has 2 atom stereocenters. The maximum Gasteiger partial charge on any atom is 0.134 e. The number of rotatable bonds is 4. The molecule has 1 heterocycles. The maximum atomic E-state index is 6.13. The fraction of sp³-hybridized carbons (Fsp3) is 0.714. The van der Waals surface area contributed by atoms with Crippen LogP contribution in [0, 0.1) is 5.92 Å². The van der Waals surface area contributed by atoms with Gasteiger partial charge < -0.3 is 14.9 Å². The van der Waals surface area contributed by atoms with E-state index in [1.807, 2.05) is 19.1 Å². The molecule has 0 spiro atoms. The molecule has 2 unspecified atom stereocenters. The van der Waals surface area contributed by atoms with Gasteiger partial charge in [0.25, 0.3) is 0 Å². The van der Waals surface area contributed by atoms with Crippen LogP contribution in [0.3, 0.4) is 0 Å². The molecule has 0 saturated heterocycles. The maximum absolute atomic E-state index is 6.13. The number of hydrogen-bond donors (Lipinski definition) is 1. The van der Waals surface area contributed by atoms with Gasteiger partial charge in [0, 0.05) is 6.04 Å². The average Bonchev–Trinajstić information content (AvgIpc) is 2.81. The molecule has 2 rings (SSSR count). The van der Waals surface area contributed by atoms with Crippen molar-refractivity contribution in [1.29, 1.82) is 0 Å². The first-order chi connectivity index (χ1) is 8.16. The largest absolute Gasteiger partial charge is 0.467 e. The summed E-state index contributed by atoms with van der Waals surface area (Å²) < 4.78 is 11.5. The Morgan fingerprint density at radius 1 is 1.35 bits per heavy atom. The van der Waals surface area contributed by atoms with Gasteiger partial charge in [-0.15, -0.1) is 0 Å². The summed E-state index contributed by atoms with van der Waals surface area (Å²) in [6.45, 7) is 4.28. The second-order valence-corrected chi connectivity index (χ2v) is 5.31. The van der Waals surface area contributed by atoms with E-state index in [0.717, 1.165) is 24.5 Å². The predicted octanol–water partition coefficient (Wildman–Crippen LogP) is 3.26. The zero-order valence-electron chi connectivity index (χ0n) is 10.8. The van der Waals surface area contributed by atoms with Crippen molar-refractivity contribution < 1.29 is 9.15 Å². The lowest BCUT2D eigenvalue weighted by Crippen LogP contribution is -2.31. The minimum absolute atomic E-state index is 0.0412. The van der Waals surface area contributed by atoms with Gasteiger partial charge in [-0.3, -0.25) is 0 Å². The second-order valence-electron chi connectivity index (χ2n) is 5.31. The van der Waals surface area contributed by atoms with Crippen LogP contribution < -0.4 is 5.73 Å². The highest BCUT2D eigenvalue weighted by Gasteiger charge is 2.26. The Morgan fingerprint density at radius 3 is 2.59 bits per heavy atom. The van der Waals surface area contributed by atoms with E-state index in [9.17, 15) is 0 Å². The van der Waals surface area contributed by atoms with Gasteiger partial charge in [-0.1, -0.05) is 6.92 Å². The zero-order chi connectivity index (χ0) is 12.3. The van der Waals surface area contributed by atoms with E-state index in [0.29, 0.717) is 6.10 Å². The van der Waals surface area contributed by atoms with Gasteiger partial charge in [-0.05, 0) is 50.7 Å². The molecule has 1 aromatic rings. The number of nitrogens with two attached hydrogens (primary N) is 1. The van der Waals surface area contributed by atoms with Gasteiger partial charge in [0.15, 0.2) is 0 Å². The van der Waals surface area contributed by atoms with Crippen LogP contribution in [0.2, 0.25) is 0 Å². The SMILES string of the molecule is CC1CCC(OC(c2ccco2)C(C)N)CC1. The van der Waals surface area contributed by atoms with Crippen molar-refractivity contribution in [2.45, 2.75) is 57.8 Å². The molecule has 1 fully saturated rings. The summed E-state index contributed by atoms with van der Waals surface area (Å²) in [6.07, 6.45) is 6.71. The van der Waals surface area contributed by atoms with Gasteiger partial charge in [0.1, 0.15) is 11.9 Å². The van der Waals surface area contributed by atoms with Crippen molar-refractivity contribution in [2.75, 3.05) is 0 Å². The fourth-order valence-electron chi connectivity index (χ4n) is 2.48. The summed E-state index contributed by atoms with van der Waals surface area (Å²) in [6, 6.07) is 3.79. The highest BCUT2D eigenvalue weighted by molar-refractivity contribution is 5.04. The van der Waals surface area contributed by atoms with E-state index < -0.39 is 0 Å². The second kappa shape index (κ2) is 5.69. The summed E-state index contributed by atoms with van der Waals surface area (Å²) in [4.78, 5) is 0. The molecule has 3 heteroatoms. The van der Waals surface area contributed by atoms with Crippen LogP contribution in [0.25, 0.3) is 0 Å². The van der Waals surface area contributed by atoms with E-state index in [4.69, 9.17) is 14.9 Å². The van der Waals surface area contributed by atoms with Gasteiger partial charge in [0.2, 0.25) is 0 Å². The highest BCUT2D eigenvalue weighted by atomic mass is 16.5. The third-order valence-electron chi connectivity index (χ3n) is 3.60. The van der Waals surface area contributed by atoms with Gasteiger partial charge in [-0.2, -0.15) is 0 Å². The van der Waals surface area contributed by atoms with Crippen LogP contribution in [0.5, 0.6) is 0 Å². The molecule has 0 aromatic carbocycles. The molecular weight excluding hydrogens is 214 g/mol. The minimum Gasteiger partial charge on any atom is -0.467 e. The van der Waals surface area contributed by atoms with E-state index >= 15 is 0 Å². The normalized spacial score (nSPS) is 28.9. The third kappa shape index (κ3) is 3.33. The van der Waals surface area contributed by atoms with E-state index in [1.54, 1.807) is 6.26 Å². The van der Waals surface area contributed by atoms with Crippen molar-refractivity contribution in [1.82, 2.24) is 0 Å². The predicted molar refractivity (Wildman–Crippen MR) is 67.6 cm³/mol. The van der Waals surface area contributed by atoms with Gasteiger partial charge in [-0.25, -0.2) is 0 Å². The lowest BCUT2D eigenvalue weighted by atomic mass is 9.89. The molecular formula is C14H23NO2. The van der Waals surface area contributed by atoms with Crippen LogP contribution in [0.1, 0.15) is 51.4 Å². The van der Waals surface area contributed by atoms with E-state index in [2.05, 4.69) is 6.92 Å². The number of hydrogen-bond acceptors (Lipinski definition) is 3. The molecule has 96 valence electrons. The Morgan fingerprint density at radius 2 is 2.06 bits per heavy atom. The molecule has 3 nitrogen and oxygen atoms in total. The van der Waals surface area contributed by atoms with E-state index in [-0.39, 0.29) is 12.1 Å². The van der Waals surface area contributed by atoms with E-state index in [1.165, 1.54) is 12.8 Å². The Balaban J connectivity index is 1.94. The Hall–Kier alpha value is -0.800. The van der Waals surface area contributed by atoms with Crippen molar-refractivity contribution in [3.8, 4) is 0 Å². The highest BCUT2D eigenvalue weighted by Crippen LogP contribution is 2.31. The zero-order valence-corrected chi connectivity index (χ0v) is 10.8. The number of furan rings is 1. The summed E-state index contributed by atoms with van der Waals surface area (Å²) in [7, 11) is 0. The van der Waals surface area contributed by atoms with Crippen molar-refractivity contribution in [3.63, 3.8) is 0 Å². The summed E-state index contributed by atoms with van der Waals surface area (Å²) >= 11 is 0. The number of ether oxygens (including phenoxy) is 1. The van der Waals surface area contributed by atoms with Crippen LogP contribution >= 0.6 is 0 Å². The van der Waals surface area contributed by atoms with Crippen LogP contribution in [0.4, 0.5) is 0 Å². The molecule has 0 bridgehead atoms. The molecule has 1 aliphatic carbocycles. The molecule has 1 aromatic heterocycles. The van der Waals surface area contributed by atoms with Crippen LogP contribution in [-0.4, -0.2) is 12.1 Å². The molecule has 0 aliphatic heterocycles. The first-order valence-electron chi connectivity index (χ1n) is 6.61. The Kier molecular flexibility index (Phi) is 4.24. The summed E-state index contributed by atoms with van der Waals surface area (Å²) in [5.74, 6) is 1.69. The summed E-state index contributed by atoms with van der Waals surface area (Å²) in [5, 5.41) is 0. The topological polar surface area (TPSA) is 48.4 Å². The molecule has 2 N–H and O–H groups in total. The van der Waals surface area contributed by atoms with Gasteiger partial charge >= 0.3 is 0 Å². The lowest BCUT2D eigenvalue weighted by molar-refractivity contribution is -0.0548. The monoisotopic (exact) mass is 237 g/mol. The summed E-state index contributed by atoms with van der Waals surface area (Å²) in [5.41, 5.74) is 5.99. The Labute approximate surface area is 103 Å². The van der Waals surface area contributed by atoms with Crippen LogP contribution in [-0.2, 0) is 4.74 Å². The van der Waals surface area contributed by atoms with Gasteiger partial charge in [0.05, 0.1) is 12.4 Å². The molecule has 1 aliphatic rings. The van der Waals surface area contributed by atoms with Crippen molar-refractivity contribution >= 4 is 0 Å². The standard InChI is InChI=1S/C14H23NO2/c1-10-5-7-12(8-6-10)17-14(11(2)15)13-4-3-9-16-13/h3-4,9-12,14H,5-8,15H2,1-2H3. The Bertz CT molecular complexity index is 313. The third-order valence-corrected chi connectivity index (χ3v) is 3.60. The minimum atomic E-state index is -0.108. The van der Waals surface area contributed by atoms with Crippen LogP contribution in [0.15, 0.2) is 22.8 Å². The molecule has 0 amide bonds. The molecule has 17 heavy (non-hydrogen) atoms. The lowest BCUT2D eigenvalue weighted by Gasteiger charge is -2.30. The van der Waals surface area contributed by atoms with Crippen molar-refractivity contribution in [3.05, 3.63) is 24.2 Å². The average molecular weight is 237 g/mol. The van der Waals surface area contributed by atoms with Crippen molar-refractivity contribution in [2.24, 2.45) is 11.7 Å². The molecule has 0 radical (unpaired) electrons. The first-order valence-corrected chi connectivity index (χ1v) is 6.61. The fourth-order valence-corrected chi connectivity index (χ4v) is 2.48. The smallest absolute Gasteiger partial charge is 0.134 e. The first kappa shape index (κ1) is 12.7. The molecule has 1 saturated carbocycles. The quantitative estimate of drug-likeness (QED) is 0.874.